The molecule has 1 heterocycles. The zero-order chi connectivity index (χ0) is 11.3. The molecule has 0 aliphatic rings. The number of hydrogen-bond donors (Lipinski definition) is 0. The molecule has 0 radical (unpaired) electrons. The average Bonchev–Trinajstić information content (AvgIpc) is 2.26. The Morgan fingerprint density at radius 2 is 2.27 bits per heavy atom. The highest BCUT2D eigenvalue weighted by molar-refractivity contribution is 5.89. The number of hydrazone groups is 1. The Hall–Kier alpha value is -2.04. The lowest BCUT2D eigenvalue weighted by atomic mass is 10.2. The van der Waals surface area contributed by atoms with Crippen LogP contribution < -0.4 is 5.01 Å². The van der Waals surface area contributed by atoms with Crippen molar-refractivity contribution in [3.05, 3.63) is 23.4 Å². The molecule has 5 nitrogen and oxygen atoms in total. The second kappa shape index (κ2) is 4.99. The van der Waals surface area contributed by atoms with Crippen molar-refractivity contribution in [1.82, 2.24) is 4.98 Å². The number of carbonyl (C=O) groups excluding carboxylic acids is 1. The first-order valence-corrected chi connectivity index (χ1v) is 4.34. The fourth-order valence-corrected chi connectivity index (χ4v) is 1.10. The Bertz CT molecular complexity index is 400. The molecule has 0 atom stereocenters. The third kappa shape index (κ3) is 2.46. The van der Waals surface area contributed by atoms with Crippen molar-refractivity contribution in [3.8, 4) is 0 Å². The molecule has 1 aromatic heterocycles. The van der Waals surface area contributed by atoms with Gasteiger partial charge in [0.2, 0.25) is 0 Å². The molecule has 0 aliphatic carbocycles. The lowest BCUT2D eigenvalue weighted by Gasteiger charge is -2.13. The van der Waals surface area contributed by atoms with Gasteiger partial charge in [-0.25, -0.2) is 9.99 Å². The van der Waals surface area contributed by atoms with E-state index in [-0.39, 0.29) is 0 Å². The van der Waals surface area contributed by atoms with Crippen LogP contribution in [0.15, 0.2) is 22.2 Å². The Morgan fingerprint density at radius 3 is 2.80 bits per heavy atom. The van der Waals surface area contributed by atoms with Crippen molar-refractivity contribution < 1.29 is 4.79 Å². The molecule has 1 aromatic rings. The predicted molar refractivity (Wildman–Crippen MR) is 60.8 cm³/mol. The van der Waals surface area contributed by atoms with Gasteiger partial charge in [-0.05, 0) is 19.1 Å². The standard InChI is InChI=1S/C10H12N4O/c1-8-4-5-9(6-15)10(13-8)14(12-3)7-11-2/h4-7H,3H2,1-2H3. The van der Waals surface area contributed by atoms with Crippen LogP contribution in [0.5, 0.6) is 0 Å². The van der Waals surface area contributed by atoms with Crippen molar-refractivity contribution >= 4 is 25.2 Å². The largest absolute Gasteiger partial charge is 0.298 e. The molecule has 0 N–H and O–H groups in total. The smallest absolute Gasteiger partial charge is 0.165 e. The zero-order valence-corrected chi connectivity index (χ0v) is 8.71. The van der Waals surface area contributed by atoms with Gasteiger partial charge in [0.05, 0.1) is 5.56 Å². The van der Waals surface area contributed by atoms with Crippen LogP contribution in [-0.2, 0) is 0 Å². The lowest BCUT2D eigenvalue weighted by molar-refractivity contribution is 0.112. The second-order valence-electron chi connectivity index (χ2n) is 2.84. The fourth-order valence-electron chi connectivity index (χ4n) is 1.10. The first-order chi connectivity index (χ1) is 7.22. The van der Waals surface area contributed by atoms with Crippen molar-refractivity contribution in [3.63, 3.8) is 0 Å². The van der Waals surface area contributed by atoms with Crippen LogP contribution in [0, 0.1) is 6.92 Å². The first-order valence-electron chi connectivity index (χ1n) is 4.34. The van der Waals surface area contributed by atoms with Gasteiger partial charge in [0.1, 0.15) is 6.34 Å². The molecule has 0 spiro atoms. The number of aldehydes is 1. The van der Waals surface area contributed by atoms with E-state index in [9.17, 15) is 4.79 Å². The molecule has 0 unspecified atom stereocenters. The molecule has 0 saturated heterocycles. The highest BCUT2D eigenvalue weighted by Crippen LogP contribution is 2.15. The SMILES string of the molecule is C=NN(C=NC)c1nc(C)ccc1C=O. The van der Waals surface area contributed by atoms with E-state index >= 15 is 0 Å². The summed E-state index contributed by atoms with van der Waals surface area (Å²) in [6, 6.07) is 3.45. The van der Waals surface area contributed by atoms with E-state index in [1.807, 2.05) is 6.92 Å². The molecule has 0 aliphatic heterocycles. The summed E-state index contributed by atoms with van der Waals surface area (Å²) in [6.07, 6.45) is 2.17. The highest BCUT2D eigenvalue weighted by Gasteiger charge is 2.09. The number of aryl methyl sites for hydroxylation is 1. The van der Waals surface area contributed by atoms with Gasteiger partial charge in [-0.2, -0.15) is 5.10 Å². The molecule has 1 rings (SSSR count). The maximum absolute atomic E-state index is 10.8. The number of aliphatic imine (C=N–C) groups is 1. The number of rotatable bonds is 4. The van der Waals surface area contributed by atoms with Crippen LogP contribution in [0.3, 0.4) is 0 Å². The normalized spacial score (nSPS) is 10.3. The molecule has 15 heavy (non-hydrogen) atoms. The van der Waals surface area contributed by atoms with E-state index in [1.54, 1.807) is 19.2 Å². The van der Waals surface area contributed by atoms with Gasteiger partial charge in [-0.1, -0.05) is 0 Å². The zero-order valence-electron chi connectivity index (χ0n) is 8.71. The third-order valence-electron chi connectivity index (χ3n) is 1.77. The molecule has 5 heteroatoms. The number of nitrogens with zero attached hydrogens (tertiary/aromatic N) is 4. The van der Waals surface area contributed by atoms with Gasteiger partial charge in [0.25, 0.3) is 0 Å². The van der Waals surface area contributed by atoms with E-state index in [0.717, 1.165) is 12.0 Å². The number of aromatic nitrogens is 1. The third-order valence-corrected chi connectivity index (χ3v) is 1.77. The minimum atomic E-state index is 0.436. The van der Waals surface area contributed by atoms with Gasteiger partial charge >= 0.3 is 0 Å². The van der Waals surface area contributed by atoms with Crippen molar-refractivity contribution in [2.75, 3.05) is 12.1 Å². The van der Waals surface area contributed by atoms with Gasteiger partial charge < -0.3 is 0 Å². The van der Waals surface area contributed by atoms with Crippen molar-refractivity contribution in [2.24, 2.45) is 10.1 Å². The summed E-state index contributed by atoms with van der Waals surface area (Å²) in [5.74, 6) is 0.436. The average molecular weight is 204 g/mol. The summed E-state index contributed by atoms with van der Waals surface area (Å²) >= 11 is 0. The topological polar surface area (TPSA) is 57.9 Å². The maximum Gasteiger partial charge on any atom is 0.165 e. The Morgan fingerprint density at radius 1 is 1.53 bits per heavy atom. The molecule has 0 bridgehead atoms. The molecule has 78 valence electrons. The molecular weight excluding hydrogens is 192 g/mol. The van der Waals surface area contributed by atoms with Crippen molar-refractivity contribution in [2.45, 2.75) is 6.92 Å². The summed E-state index contributed by atoms with van der Waals surface area (Å²) in [4.78, 5) is 18.8. The Labute approximate surface area is 88.2 Å². The van der Waals surface area contributed by atoms with Crippen LogP contribution in [0.25, 0.3) is 0 Å². The van der Waals surface area contributed by atoms with Crippen LogP contribution in [0.2, 0.25) is 0 Å². The second-order valence-corrected chi connectivity index (χ2v) is 2.84. The lowest BCUT2D eigenvalue weighted by Crippen LogP contribution is -2.16. The highest BCUT2D eigenvalue weighted by atomic mass is 16.1. The van der Waals surface area contributed by atoms with Gasteiger partial charge in [-0.15, -0.1) is 0 Å². The Balaban J connectivity index is 3.25. The van der Waals surface area contributed by atoms with E-state index in [2.05, 4.69) is 21.8 Å². The van der Waals surface area contributed by atoms with Crippen LogP contribution in [-0.4, -0.2) is 31.4 Å². The molecule has 0 amide bonds. The summed E-state index contributed by atoms with van der Waals surface area (Å²) in [5, 5.41) is 5.07. The summed E-state index contributed by atoms with van der Waals surface area (Å²) in [6.45, 7) is 5.23. The summed E-state index contributed by atoms with van der Waals surface area (Å²) in [7, 11) is 1.61. The molecule has 0 saturated carbocycles. The number of anilines is 1. The number of hydrogen-bond acceptors (Lipinski definition) is 4. The van der Waals surface area contributed by atoms with Crippen LogP contribution in [0.4, 0.5) is 5.82 Å². The predicted octanol–water partition coefficient (Wildman–Crippen LogP) is 1.28. The van der Waals surface area contributed by atoms with E-state index in [4.69, 9.17) is 0 Å². The van der Waals surface area contributed by atoms with Gasteiger partial charge in [0, 0.05) is 19.5 Å². The maximum atomic E-state index is 10.8. The summed E-state index contributed by atoms with van der Waals surface area (Å²) in [5.41, 5.74) is 1.25. The number of carbonyl (C=O) groups is 1. The Kier molecular flexibility index (Phi) is 3.68. The van der Waals surface area contributed by atoms with Crippen LogP contribution >= 0.6 is 0 Å². The van der Waals surface area contributed by atoms with E-state index in [0.29, 0.717) is 11.4 Å². The fraction of sp³-hybridized carbons (Fsp3) is 0.200. The molecule has 0 aromatic carbocycles. The minimum Gasteiger partial charge on any atom is -0.298 e. The van der Waals surface area contributed by atoms with E-state index < -0.39 is 0 Å². The number of pyridine rings is 1. The van der Waals surface area contributed by atoms with E-state index in [1.165, 1.54) is 11.3 Å². The molecule has 0 fully saturated rings. The van der Waals surface area contributed by atoms with Crippen molar-refractivity contribution in [1.29, 1.82) is 0 Å². The van der Waals surface area contributed by atoms with Crippen LogP contribution in [0.1, 0.15) is 16.1 Å². The van der Waals surface area contributed by atoms with Gasteiger partial charge in [-0.3, -0.25) is 9.79 Å². The molecular formula is C10H12N4O. The van der Waals surface area contributed by atoms with Gasteiger partial charge in [0.15, 0.2) is 12.1 Å². The minimum absolute atomic E-state index is 0.436. The monoisotopic (exact) mass is 204 g/mol. The summed E-state index contributed by atoms with van der Waals surface area (Å²) < 4.78 is 0. The quantitative estimate of drug-likeness (QED) is 0.321. The first kappa shape index (κ1) is 11.0.